The van der Waals surface area contributed by atoms with Crippen molar-refractivity contribution in [2.45, 2.75) is 51.3 Å². The highest BCUT2D eigenvalue weighted by molar-refractivity contribution is 8.18. The predicted molar refractivity (Wildman–Crippen MR) is 102 cm³/mol. The molecular weight excluding hydrogens is 370 g/mol. The van der Waals surface area contributed by atoms with Gasteiger partial charge in [-0.3, -0.25) is 0 Å². The predicted octanol–water partition coefficient (Wildman–Crippen LogP) is 3.57. The Bertz CT molecular complexity index is 927. The first-order valence-corrected chi connectivity index (χ1v) is 11.0. The van der Waals surface area contributed by atoms with Crippen LogP contribution in [0, 0.1) is 13.8 Å². The summed E-state index contributed by atoms with van der Waals surface area (Å²) in [4.78, 5) is 1.22. The molecule has 1 aliphatic heterocycles. The molecule has 0 atom stereocenters. The van der Waals surface area contributed by atoms with Crippen molar-refractivity contribution in [1.29, 1.82) is 0 Å². The van der Waals surface area contributed by atoms with E-state index in [4.69, 9.17) is 4.74 Å². The molecule has 0 bridgehead atoms. The third-order valence-corrected chi connectivity index (χ3v) is 7.18. The van der Waals surface area contributed by atoms with Gasteiger partial charge in [-0.15, -0.1) is 0 Å². The lowest BCUT2D eigenvalue weighted by Crippen LogP contribution is -2.16. The average molecular weight is 393 g/mol. The molecule has 1 aliphatic carbocycles. The number of nitrogens with zero attached hydrogens (tertiary/aromatic N) is 1. The van der Waals surface area contributed by atoms with Crippen LogP contribution in [0.4, 0.5) is 0 Å². The first-order chi connectivity index (χ1) is 12.3. The summed E-state index contributed by atoms with van der Waals surface area (Å²) in [5.74, 6) is -0.485. The number of rotatable bonds is 4. The molecule has 1 aromatic rings. The Kier molecular flexibility index (Phi) is 5.48. The standard InChI is InChI=1S/C19H23NO4S2/c1-4-24-19(21)17-14-7-5-6-8-15(14)25-18(17)20-26(22,23)16-10-9-12(2)11-13(16)3/h9-11,21H,4-8H2,1-3H3/p-1. The van der Waals surface area contributed by atoms with E-state index in [0.29, 0.717) is 11.1 Å². The Morgan fingerprint density at radius 3 is 2.69 bits per heavy atom. The number of hydrogen-bond donors (Lipinski definition) is 0. The lowest BCUT2D eigenvalue weighted by molar-refractivity contribution is -0.357. The van der Waals surface area contributed by atoms with Gasteiger partial charge in [-0.05, 0) is 68.2 Å². The second-order valence-corrected chi connectivity index (χ2v) is 9.10. The molecule has 0 fully saturated rings. The number of thioether (sulfide) groups is 1. The number of hydrogen-bond acceptors (Lipinski definition) is 5. The molecule has 26 heavy (non-hydrogen) atoms. The molecule has 140 valence electrons. The number of benzene rings is 1. The van der Waals surface area contributed by atoms with E-state index in [9.17, 15) is 13.5 Å². The van der Waals surface area contributed by atoms with Crippen LogP contribution in [0.3, 0.4) is 0 Å². The van der Waals surface area contributed by atoms with Crippen molar-refractivity contribution < 1.29 is 18.3 Å². The number of aryl methyl sites for hydroxylation is 2. The molecule has 0 amide bonds. The van der Waals surface area contributed by atoms with E-state index in [-0.39, 0.29) is 16.5 Å². The van der Waals surface area contributed by atoms with Crippen molar-refractivity contribution in [1.82, 2.24) is 0 Å². The Morgan fingerprint density at radius 1 is 1.27 bits per heavy atom. The molecule has 0 saturated carbocycles. The molecule has 3 rings (SSSR count). The van der Waals surface area contributed by atoms with Crippen molar-refractivity contribution in [3.8, 4) is 0 Å². The maximum atomic E-state index is 12.9. The second-order valence-electron chi connectivity index (χ2n) is 6.45. The van der Waals surface area contributed by atoms with Gasteiger partial charge >= 0.3 is 0 Å². The molecule has 0 saturated heterocycles. The van der Waals surface area contributed by atoms with Gasteiger partial charge in [-0.1, -0.05) is 36.4 Å². The largest absolute Gasteiger partial charge is 0.613 e. The van der Waals surface area contributed by atoms with Crippen molar-refractivity contribution in [3.05, 3.63) is 51.3 Å². The number of ether oxygens (including phenoxy) is 1. The fourth-order valence-electron chi connectivity index (χ4n) is 3.28. The van der Waals surface area contributed by atoms with E-state index in [1.54, 1.807) is 26.0 Å². The summed E-state index contributed by atoms with van der Waals surface area (Å²) in [6.45, 7) is 5.64. The zero-order chi connectivity index (χ0) is 18.9. The van der Waals surface area contributed by atoms with Gasteiger partial charge in [-0.2, -0.15) is 12.8 Å². The smallest absolute Gasteiger partial charge is 0.283 e. The van der Waals surface area contributed by atoms with Crippen molar-refractivity contribution in [2.24, 2.45) is 4.40 Å². The summed E-state index contributed by atoms with van der Waals surface area (Å²) >= 11 is 1.30. The molecule has 0 aromatic heterocycles. The molecule has 7 heteroatoms. The van der Waals surface area contributed by atoms with Crippen LogP contribution in [-0.4, -0.2) is 20.1 Å². The summed E-state index contributed by atoms with van der Waals surface area (Å²) in [6, 6.07) is 5.14. The van der Waals surface area contributed by atoms with Gasteiger partial charge in [0, 0.05) is 5.57 Å². The molecular formula is C19H22NO4S2-. The van der Waals surface area contributed by atoms with E-state index in [2.05, 4.69) is 4.40 Å². The van der Waals surface area contributed by atoms with Crippen LogP contribution in [-0.2, 0) is 14.8 Å². The molecule has 1 aromatic carbocycles. The second kappa shape index (κ2) is 7.48. The van der Waals surface area contributed by atoms with Gasteiger partial charge < -0.3 is 9.84 Å². The summed E-state index contributed by atoms with van der Waals surface area (Å²) in [5.41, 5.74) is 2.88. The van der Waals surface area contributed by atoms with Crippen LogP contribution >= 0.6 is 11.8 Å². The van der Waals surface area contributed by atoms with Crippen LogP contribution in [0.25, 0.3) is 0 Å². The molecule has 0 spiro atoms. The van der Waals surface area contributed by atoms with Crippen LogP contribution in [0.1, 0.15) is 43.7 Å². The molecule has 0 N–H and O–H groups in total. The lowest BCUT2D eigenvalue weighted by atomic mass is 9.94. The highest BCUT2D eigenvalue weighted by Crippen LogP contribution is 2.46. The van der Waals surface area contributed by atoms with E-state index in [1.807, 2.05) is 13.0 Å². The highest BCUT2D eigenvalue weighted by atomic mass is 32.2. The third-order valence-electron chi connectivity index (χ3n) is 4.44. The van der Waals surface area contributed by atoms with Gasteiger partial charge in [0.15, 0.2) is 0 Å². The number of sulfonamides is 1. The average Bonchev–Trinajstić information content (AvgIpc) is 2.91. The Balaban J connectivity index is 2.08. The summed E-state index contributed by atoms with van der Waals surface area (Å²) < 4.78 is 34.9. The van der Waals surface area contributed by atoms with Gasteiger partial charge in [-0.25, -0.2) is 0 Å². The van der Waals surface area contributed by atoms with Crippen LogP contribution in [0.5, 0.6) is 0 Å². The maximum Gasteiger partial charge on any atom is 0.283 e. The minimum Gasteiger partial charge on any atom is -0.613 e. The first kappa shape index (κ1) is 19.0. The van der Waals surface area contributed by atoms with Gasteiger partial charge in [0.25, 0.3) is 10.0 Å². The lowest BCUT2D eigenvalue weighted by Gasteiger charge is -2.19. The summed E-state index contributed by atoms with van der Waals surface area (Å²) in [5, 5.41) is 12.7. The molecule has 0 radical (unpaired) electrons. The Labute approximate surface area is 158 Å². The molecule has 0 unspecified atom stereocenters. The van der Waals surface area contributed by atoms with Gasteiger partial charge in [0.1, 0.15) is 5.04 Å². The van der Waals surface area contributed by atoms with E-state index in [0.717, 1.165) is 41.7 Å². The van der Waals surface area contributed by atoms with E-state index >= 15 is 0 Å². The van der Waals surface area contributed by atoms with Gasteiger partial charge in [0.05, 0.1) is 10.8 Å². The molecule has 2 aliphatic rings. The molecule has 1 heterocycles. The fraction of sp³-hybridized carbons (Fsp3) is 0.421. The van der Waals surface area contributed by atoms with Crippen LogP contribution < -0.4 is 5.11 Å². The first-order valence-electron chi connectivity index (χ1n) is 8.70. The normalized spacial score (nSPS) is 21.1. The minimum atomic E-state index is -3.90. The van der Waals surface area contributed by atoms with Gasteiger partial charge in [0.2, 0.25) is 0 Å². The molecule has 5 nitrogen and oxygen atoms in total. The quantitative estimate of drug-likeness (QED) is 0.732. The SMILES string of the molecule is CCOC([O-])=C1C(=NS(=O)(=O)c2ccc(C)cc2C)SC2=C1CCCC2. The summed E-state index contributed by atoms with van der Waals surface area (Å²) in [6.07, 6.45) is 3.64. The van der Waals surface area contributed by atoms with Crippen molar-refractivity contribution >= 4 is 26.8 Å². The van der Waals surface area contributed by atoms with E-state index < -0.39 is 16.0 Å². The minimum absolute atomic E-state index is 0.171. The fourth-order valence-corrected chi connectivity index (χ4v) is 5.95. The topological polar surface area (TPSA) is 78.8 Å². The monoisotopic (exact) mass is 392 g/mol. The Hall–Kier alpha value is -1.73. The zero-order valence-electron chi connectivity index (χ0n) is 15.2. The Morgan fingerprint density at radius 2 is 2.00 bits per heavy atom. The highest BCUT2D eigenvalue weighted by Gasteiger charge is 2.31. The van der Waals surface area contributed by atoms with Crippen LogP contribution in [0.2, 0.25) is 0 Å². The van der Waals surface area contributed by atoms with Crippen LogP contribution in [0.15, 0.2) is 49.5 Å². The zero-order valence-corrected chi connectivity index (χ0v) is 16.8. The van der Waals surface area contributed by atoms with Crippen molar-refractivity contribution in [3.63, 3.8) is 0 Å². The van der Waals surface area contributed by atoms with E-state index in [1.165, 1.54) is 11.8 Å². The van der Waals surface area contributed by atoms with Crippen molar-refractivity contribution in [2.75, 3.05) is 6.61 Å². The number of allylic oxidation sites excluding steroid dienone is 2. The maximum absolute atomic E-state index is 12.9. The third kappa shape index (κ3) is 3.69. The summed E-state index contributed by atoms with van der Waals surface area (Å²) in [7, 11) is -3.90.